The molecule has 37 heavy (non-hydrogen) atoms. The van der Waals surface area contributed by atoms with Crippen molar-refractivity contribution in [2.24, 2.45) is 0 Å². The van der Waals surface area contributed by atoms with Crippen LogP contribution in [0.5, 0.6) is 17.2 Å². The molecule has 3 aromatic carbocycles. The summed E-state index contributed by atoms with van der Waals surface area (Å²) < 4.78 is 25.8. The molecule has 0 bridgehead atoms. The van der Waals surface area contributed by atoms with Crippen LogP contribution in [0.25, 0.3) is 0 Å². The Labute approximate surface area is 293 Å². The average Bonchev–Trinajstić information content (AvgIpc) is 2.81. The molecule has 0 saturated carbocycles. The van der Waals surface area contributed by atoms with Crippen LogP contribution in [-0.2, 0) is 0 Å². The molecule has 0 atom stereocenters. The van der Waals surface area contributed by atoms with Crippen LogP contribution in [0.2, 0.25) is 0 Å². The summed E-state index contributed by atoms with van der Waals surface area (Å²) in [5.74, 6) is 2.15. The van der Waals surface area contributed by atoms with Crippen LogP contribution in [0.3, 0.4) is 0 Å². The van der Waals surface area contributed by atoms with E-state index in [2.05, 4.69) is 143 Å². The molecule has 0 radical (unpaired) electrons. The van der Waals surface area contributed by atoms with Gasteiger partial charge in [0.2, 0.25) is 0 Å². The van der Waals surface area contributed by atoms with Crippen molar-refractivity contribution in [2.75, 3.05) is 19.8 Å². The number of rotatable bonds is 9. The molecule has 0 aliphatic heterocycles. The van der Waals surface area contributed by atoms with Gasteiger partial charge in [-0.3, -0.25) is 0 Å². The summed E-state index contributed by atoms with van der Waals surface area (Å²) in [5.41, 5.74) is 2.89. The first-order valence-electron chi connectivity index (χ1n) is 10.9. The summed E-state index contributed by atoms with van der Waals surface area (Å²) in [5, 5.41) is 0. The number of halogens is 9. The standard InChI is InChI=1S/C24H18BBr9O3/c1-4-35-22-13(29)7-10(26)16(19(22)32)25(17-11(27)8-14(30)23(20(17)33)36-5-2)18-12(28)9-15(31)24(21(18)34)37-6-3/h7-9H,4-6H2,1-3H3. The Morgan fingerprint density at radius 3 is 0.919 bits per heavy atom. The summed E-state index contributed by atoms with van der Waals surface area (Å²) in [6.45, 7) is 7.11. The second-order valence-corrected chi connectivity index (χ2v) is 14.9. The van der Waals surface area contributed by atoms with Crippen LogP contribution in [-0.4, -0.2) is 26.5 Å². The average molecular weight is 1080 g/mol. The SMILES string of the molecule is CCOc1c(Br)cc(Br)c(B(c2c(Br)cc(Br)c(OCC)c2Br)c2c(Br)cc(Br)c(OCC)c2Br)c1Br. The fourth-order valence-electron chi connectivity index (χ4n) is 3.82. The monoisotopic (exact) mass is 1080 g/mol. The van der Waals surface area contributed by atoms with Crippen LogP contribution in [0, 0.1) is 0 Å². The minimum atomic E-state index is -0.330. The van der Waals surface area contributed by atoms with Gasteiger partial charge in [-0.05, 0) is 151 Å². The molecule has 198 valence electrons. The van der Waals surface area contributed by atoms with E-state index in [1.165, 1.54) is 0 Å². The zero-order chi connectivity index (χ0) is 27.6. The highest BCUT2D eigenvalue weighted by atomic mass is 79.9. The van der Waals surface area contributed by atoms with Gasteiger partial charge in [0.05, 0.1) is 46.7 Å². The Morgan fingerprint density at radius 1 is 0.459 bits per heavy atom. The Hall–Kier alpha value is 1.44. The van der Waals surface area contributed by atoms with Gasteiger partial charge in [-0.25, -0.2) is 0 Å². The van der Waals surface area contributed by atoms with Gasteiger partial charge in [-0.15, -0.1) is 0 Å². The summed E-state index contributed by atoms with van der Waals surface area (Å²) in [7, 11) is 0. The number of ether oxygens (including phenoxy) is 3. The lowest BCUT2D eigenvalue weighted by Crippen LogP contribution is -2.55. The number of benzene rings is 3. The summed E-state index contributed by atoms with van der Waals surface area (Å²) in [4.78, 5) is 0. The molecule has 0 aliphatic carbocycles. The lowest BCUT2D eigenvalue weighted by atomic mass is 9.36. The van der Waals surface area contributed by atoms with E-state index in [0.717, 1.165) is 73.9 Å². The molecule has 0 aromatic heterocycles. The Bertz CT molecular complexity index is 1170. The van der Waals surface area contributed by atoms with Gasteiger partial charge in [-0.1, -0.05) is 47.8 Å². The molecule has 0 fully saturated rings. The zero-order valence-corrected chi connectivity index (χ0v) is 33.8. The molecular formula is C24H18BBr9O3. The van der Waals surface area contributed by atoms with Gasteiger partial charge in [0.25, 0.3) is 6.71 Å². The summed E-state index contributed by atoms with van der Waals surface area (Å²) in [6, 6.07) is 6.02. The predicted molar refractivity (Wildman–Crippen MR) is 187 cm³/mol. The molecule has 0 aliphatic rings. The van der Waals surface area contributed by atoms with Crippen molar-refractivity contribution >= 4 is 166 Å². The third kappa shape index (κ3) is 6.92. The van der Waals surface area contributed by atoms with Gasteiger partial charge >= 0.3 is 0 Å². The molecule has 0 spiro atoms. The summed E-state index contributed by atoms with van der Waals surface area (Å²) in [6.07, 6.45) is 0. The van der Waals surface area contributed by atoms with Crippen molar-refractivity contribution in [3.05, 3.63) is 58.5 Å². The van der Waals surface area contributed by atoms with Gasteiger partial charge < -0.3 is 14.2 Å². The number of hydrogen-bond acceptors (Lipinski definition) is 3. The third-order valence-corrected chi connectivity index (χ3v) is 11.3. The fourth-order valence-corrected chi connectivity index (χ4v) is 12.2. The molecule has 0 saturated heterocycles. The molecule has 0 amide bonds. The highest BCUT2D eigenvalue weighted by Gasteiger charge is 2.37. The molecule has 0 heterocycles. The van der Waals surface area contributed by atoms with Crippen molar-refractivity contribution in [1.82, 2.24) is 0 Å². The maximum absolute atomic E-state index is 6.04. The van der Waals surface area contributed by atoms with Gasteiger partial charge in [0.15, 0.2) is 0 Å². The van der Waals surface area contributed by atoms with E-state index in [-0.39, 0.29) is 6.71 Å². The van der Waals surface area contributed by atoms with E-state index in [9.17, 15) is 0 Å². The van der Waals surface area contributed by atoms with Crippen molar-refractivity contribution in [1.29, 1.82) is 0 Å². The van der Waals surface area contributed by atoms with Crippen molar-refractivity contribution < 1.29 is 14.2 Å². The largest absolute Gasteiger partial charge is 0.492 e. The lowest BCUT2D eigenvalue weighted by molar-refractivity contribution is 0.336. The number of hydrogen-bond donors (Lipinski definition) is 0. The zero-order valence-electron chi connectivity index (χ0n) is 19.6. The first kappa shape index (κ1) is 33.0. The van der Waals surface area contributed by atoms with Crippen LogP contribution in [0.1, 0.15) is 20.8 Å². The Balaban J connectivity index is 2.56. The maximum Gasteiger partial charge on any atom is 0.250 e. The summed E-state index contributed by atoms with van der Waals surface area (Å²) >= 11 is 34.2. The van der Waals surface area contributed by atoms with Crippen LogP contribution >= 0.6 is 143 Å². The third-order valence-electron chi connectivity index (χ3n) is 5.22. The van der Waals surface area contributed by atoms with E-state index in [1.807, 2.05) is 39.0 Å². The van der Waals surface area contributed by atoms with E-state index in [1.54, 1.807) is 0 Å². The van der Waals surface area contributed by atoms with Gasteiger partial charge in [0, 0.05) is 13.4 Å². The van der Waals surface area contributed by atoms with Crippen molar-refractivity contribution in [2.45, 2.75) is 20.8 Å². The van der Waals surface area contributed by atoms with Crippen molar-refractivity contribution in [3.8, 4) is 17.2 Å². The van der Waals surface area contributed by atoms with Crippen molar-refractivity contribution in [3.63, 3.8) is 0 Å². The predicted octanol–water partition coefficient (Wildman–Crippen LogP) is 10.3. The second-order valence-electron chi connectivity index (χ2n) is 7.42. The molecule has 3 nitrogen and oxygen atoms in total. The first-order chi connectivity index (χ1) is 17.5. The Morgan fingerprint density at radius 2 is 0.703 bits per heavy atom. The van der Waals surface area contributed by atoms with Gasteiger partial charge in [-0.2, -0.15) is 0 Å². The molecule has 0 unspecified atom stereocenters. The lowest BCUT2D eigenvalue weighted by Gasteiger charge is -2.27. The highest BCUT2D eigenvalue weighted by Crippen LogP contribution is 2.41. The van der Waals surface area contributed by atoms with Gasteiger partial charge in [0.1, 0.15) is 17.2 Å². The minimum Gasteiger partial charge on any atom is -0.492 e. The molecule has 13 heteroatoms. The molecular weight excluding hydrogens is 1070 g/mol. The van der Waals surface area contributed by atoms with E-state index in [0.29, 0.717) is 19.8 Å². The quantitative estimate of drug-likeness (QED) is 0.200. The topological polar surface area (TPSA) is 27.7 Å². The smallest absolute Gasteiger partial charge is 0.250 e. The van der Waals surface area contributed by atoms with E-state index >= 15 is 0 Å². The molecule has 0 N–H and O–H groups in total. The van der Waals surface area contributed by atoms with E-state index in [4.69, 9.17) is 14.2 Å². The molecule has 3 aromatic rings. The maximum atomic E-state index is 6.04. The Kier molecular flexibility index (Phi) is 13.0. The highest BCUT2D eigenvalue weighted by molar-refractivity contribution is 9.12. The second kappa shape index (κ2) is 14.6. The fraction of sp³-hybridized carbons (Fsp3) is 0.250. The molecule has 3 rings (SSSR count). The van der Waals surface area contributed by atoms with Crippen LogP contribution in [0.15, 0.2) is 58.5 Å². The first-order valence-corrected chi connectivity index (χ1v) is 18.0. The van der Waals surface area contributed by atoms with E-state index < -0.39 is 0 Å². The normalized spacial score (nSPS) is 11.0. The van der Waals surface area contributed by atoms with Crippen LogP contribution in [0.4, 0.5) is 0 Å². The minimum absolute atomic E-state index is 0.330. The van der Waals surface area contributed by atoms with Crippen LogP contribution < -0.4 is 30.6 Å².